The van der Waals surface area contributed by atoms with Crippen molar-refractivity contribution in [1.29, 1.82) is 5.26 Å². The zero-order chi connectivity index (χ0) is 21.8. The molecule has 1 aromatic heterocycles. The van der Waals surface area contributed by atoms with Gasteiger partial charge in [-0.3, -0.25) is 4.79 Å². The van der Waals surface area contributed by atoms with Crippen LogP contribution in [0.4, 0.5) is 11.5 Å². The molecule has 31 heavy (non-hydrogen) atoms. The van der Waals surface area contributed by atoms with Crippen molar-refractivity contribution in [3.05, 3.63) is 82.8 Å². The number of benzene rings is 2. The van der Waals surface area contributed by atoms with E-state index in [4.69, 9.17) is 10.8 Å². The fourth-order valence-corrected chi connectivity index (χ4v) is 4.89. The van der Waals surface area contributed by atoms with Crippen LogP contribution in [0, 0.1) is 18.3 Å². The number of nitrogens with zero attached hydrogens (tertiary/aromatic N) is 4. The first-order valence-electron chi connectivity index (χ1n) is 10.3. The minimum atomic E-state index is -1.32. The lowest BCUT2D eigenvalue weighted by Crippen LogP contribution is -2.46. The van der Waals surface area contributed by atoms with Gasteiger partial charge in [0.05, 0.1) is 17.0 Å². The lowest BCUT2D eigenvalue weighted by atomic mass is 9.68. The zero-order valence-electron chi connectivity index (χ0n) is 17.4. The molecule has 7 nitrogen and oxygen atoms in total. The van der Waals surface area contributed by atoms with Gasteiger partial charge in [-0.05, 0) is 31.5 Å². The molecule has 3 aromatic rings. The zero-order valence-corrected chi connectivity index (χ0v) is 17.4. The second kappa shape index (κ2) is 6.74. The van der Waals surface area contributed by atoms with Crippen LogP contribution in [-0.4, -0.2) is 22.2 Å². The number of hydrogen-bond acceptors (Lipinski definition) is 5. The molecule has 3 N–H and O–H groups in total. The molecule has 3 heterocycles. The first kappa shape index (κ1) is 18.9. The number of nitriles is 1. The Morgan fingerprint density at radius 3 is 2.58 bits per heavy atom. The number of carbonyl (C=O) groups is 1. The van der Waals surface area contributed by atoms with Crippen molar-refractivity contribution in [3.63, 3.8) is 0 Å². The van der Waals surface area contributed by atoms with E-state index in [0.29, 0.717) is 23.6 Å². The van der Waals surface area contributed by atoms with Gasteiger partial charge in [0.25, 0.3) is 0 Å². The summed E-state index contributed by atoms with van der Waals surface area (Å²) in [6.07, 6.45) is 0.796. The van der Waals surface area contributed by atoms with E-state index in [1.807, 2.05) is 68.4 Å². The summed E-state index contributed by atoms with van der Waals surface area (Å²) in [6, 6.07) is 19.6. The van der Waals surface area contributed by atoms with Gasteiger partial charge in [-0.25, -0.2) is 4.68 Å². The maximum Gasteiger partial charge on any atom is 0.247 e. The highest BCUT2D eigenvalue weighted by atomic mass is 16.2. The third-order valence-corrected chi connectivity index (χ3v) is 6.06. The number of hydrogen-bond donors (Lipinski definition) is 2. The summed E-state index contributed by atoms with van der Waals surface area (Å²) in [5.41, 5.74) is 9.06. The van der Waals surface area contributed by atoms with E-state index in [-0.39, 0.29) is 17.3 Å². The van der Waals surface area contributed by atoms with Crippen LogP contribution in [0.5, 0.6) is 0 Å². The molecular weight excluding hydrogens is 388 g/mol. The van der Waals surface area contributed by atoms with Crippen molar-refractivity contribution in [2.45, 2.75) is 25.7 Å². The van der Waals surface area contributed by atoms with Gasteiger partial charge in [0, 0.05) is 23.4 Å². The van der Waals surface area contributed by atoms with Gasteiger partial charge in [0.15, 0.2) is 0 Å². The van der Waals surface area contributed by atoms with Crippen molar-refractivity contribution in [1.82, 2.24) is 9.78 Å². The monoisotopic (exact) mass is 410 g/mol. The largest absolute Gasteiger partial charge is 0.384 e. The van der Waals surface area contributed by atoms with E-state index >= 15 is 0 Å². The fourth-order valence-electron chi connectivity index (χ4n) is 4.89. The number of nitrogens with one attached hydrogen (secondary N) is 1. The Kier molecular flexibility index (Phi) is 4.12. The lowest BCUT2D eigenvalue weighted by Gasteiger charge is -2.34. The molecule has 0 aliphatic carbocycles. The van der Waals surface area contributed by atoms with Gasteiger partial charge in [-0.2, -0.15) is 10.4 Å². The predicted octanol–water partition coefficient (Wildman–Crippen LogP) is 3.34. The molecule has 0 saturated carbocycles. The van der Waals surface area contributed by atoms with Crippen LogP contribution >= 0.6 is 0 Å². The molecule has 7 heteroatoms. The van der Waals surface area contributed by atoms with Crippen LogP contribution in [0.1, 0.15) is 30.2 Å². The molecule has 0 radical (unpaired) electrons. The highest BCUT2D eigenvalue weighted by Gasteiger charge is 2.59. The quantitative estimate of drug-likeness (QED) is 0.690. The number of fused-ring (bicyclic) bond motifs is 4. The molecule has 2 aliphatic heterocycles. The van der Waals surface area contributed by atoms with Gasteiger partial charge >= 0.3 is 0 Å². The normalized spacial score (nSPS) is 19.3. The second-order valence-corrected chi connectivity index (χ2v) is 7.81. The number of anilines is 2. The van der Waals surface area contributed by atoms with Crippen LogP contribution in [0.15, 0.2) is 66.0 Å². The molecular formula is C24H22N6O. The van der Waals surface area contributed by atoms with Crippen LogP contribution in [0.2, 0.25) is 0 Å². The van der Waals surface area contributed by atoms with E-state index in [2.05, 4.69) is 11.4 Å². The molecule has 0 bridgehead atoms. The van der Waals surface area contributed by atoms with Crippen LogP contribution in [0.3, 0.4) is 0 Å². The molecule has 1 amide bonds. The smallest absolute Gasteiger partial charge is 0.247 e. The highest BCUT2D eigenvalue weighted by Crippen LogP contribution is 2.55. The lowest BCUT2D eigenvalue weighted by molar-refractivity contribution is -0.120. The molecule has 0 saturated heterocycles. The third-order valence-electron chi connectivity index (χ3n) is 6.06. The molecule has 1 spiro atoms. The number of carbonyl (C=O) groups excluding carboxylic acids is 1. The summed E-state index contributed by atoms with van der Waals surface area (Å²) in [5.74, 6) is 0.629. The first-order valence-corrected chi connectivity index (χ1v) is 10.3. The molecule has 1 unspecified atom stereocenters. The minimum absolute atomic E-state index is 0.159. The predicted molar refractivity (Wildman–Crippen MR) is 119 cm³/mol. The van der Waals surface area contributed by atoms with Crippen molar-refractivity contribution >= 4 is 17.4 Å². The summed E-state index contributed by atoms with van der Waals surface area (Å²) in [7, 11) is 0. The molecule has 154 valence electrons. The Bertz CT molecular complexity index is 1280. The number of nitrogens with two attached hydrogens (primary N) is 1. The Balaban J connectivity index is 1.88. The van der Waals surface area contributed by atoms with Crippen molar-refractivity contribution < 1.29 is 4.79 Å². The second-order valence-electron chi connectivity index (χ2n) is 7.81. The Hall–Kier alpha value is -4.05. The number of para-hydroxylation sites is 2. The first-order chi connectivity index (χ1) is 15.1. The number of rotatable bonds is 3. The molecule has 5 rings (SSSR count). The van der Waals surface area contributed by atoms with Gasteiger partial charge < -0.3 is 16.0 Å². The molecule has 1 atom stereocenters. The number of amides is 1. The minimum Gasteiger partial charge on any atom is -0.384 e. The van der Waals surface area contributed by atoms with Crippen LogP contribution in [0.25, 0.3) is 5.69 Å². The summed E-state index contributed by atoms with van der Waals surface area (Å²) < 4.78 is 1.76. The highest BCUT2D eigenvalue weighted by molar-refractivity contribution is 6.15. The Morgan fingerprint density at radius 1 is 1.16 bits per heavy atom. The average Bonchev–Trinajstić information content (AvgIpc) is 3.23. The molecule has 0 fully saturated rings. The van der Waals surface area contributed by atoms with E-state index in [1.54, 1.807) is 9.58 Å². The maximum absolute atomic E-state index is 14.1. The average molecular weight is 410 g/mol. The maximum atomic E-state index is 14.1. The Morgan fingerprint density at radius 2 is 1.87 bits per heavy atom. The van der Waals surface area contributed by atoms with Crippen molar-refractivity contribution in [3.8, 4) is 11.8 Å². The van der Waals surface area contributed by atoms with Gasteiger partial charge in [0.1, 0.15) is 23.1 Å². The molecule has 2 aromatic carbocycles. The van der Waals surface area contributed by atoms with Gasteiger partial charge in [-0.1, -0.05) is 43.3 Å². The number of aromatic nitrogens is 2. The Labute approximate surface area is 180 Å². The van der Waals surface area contributed by atoms with E-state index in [1.165, 1.54) is 0 Å². The standard InChI is InChI=1S/C24H22N6O/c1-3-13-29-19-12-8-7-11-17(19)24(23(29)31)18(14-25)21(26)27-22-20(24)15(2)28-30(22)16-9-5-4-6-10-16/h4-12,27H,3,13,26H2,1-2H3. The van der Waals surface area contributed by atoms with Crippen molar-refractivity contribution in [2.75, 3.05) is 16.8 Å². The van der Waals surface area contributed by atoms with Gasteiger partial charge in [0.2, 0.25) is 5.91 Å². The van der Waals surface area contributed by atoms with Gasteiger partial charge in [-0.15, -0.1) is 0 Å². The summed E-state index contributed by atoms with van der Waals surface area (Å²) in [6.45, 7) is 4.46. The summed E-state index contributed by atoms with van der Waals surface area (Å²) in [4.78, 5) is 15.9. The van der Waals surface area contributed by atoms with E-state index in [0.717, 1.165) is 23.4 Å². The van der Waals surface area contributed by atoms with Crippen LogP contribution in [-0.2, 0) is 10.2 Å². The van der Waals surface area contributed by atoms with E-state index < -0.39 is 5.41 Å². The molecule has 2 aliphatic rings. The van der Waals surface area contributed by atoms with E-state index in [9.17, 15) is 10.1 Å². The summed E-state index contributed by atoms with van der Waals surface area (Å²) >= 11 is 0. The summed E-state index contributed by atoms with van der Waals surface area (Å²) in [5, 5.41) is 18.1. The van der Waals surface area contributed by atoms with Crippen LogP contribution < -0.4 is 16.0 Å². The fraction of sp³-hybridized carbons (Fsp3) is 0.208. The third kappa shape index (κ3) is 2.33. The topological polar surface area (TPSA) is 100.0 Å². The number of aryl methyl sites for hydroxylation is 1. The SMILES string of the molecule is CCCN1C(=O)C2(C(C#N)=C(N)Nc3c2c(C)nn3-c2ccccc2)c2ccccc21. The van der Waals surface area contributed by atoms with Crippen molar-refractivity contribution in [2.24, 2.45) is 5.73 Å².